The lowest BCUT2D eigenvalue weighted by molar-refractivity contribution is 0.0433. The highest BCUT2D eigenvalue weighted by atomic mass is 35.5. The Labute approximate surface area is 243 Å². The van der Waals surface area contributed by atoms with Crippen molar-refractivity contribution in [3.8, 4) is 17.1 Å². The van der Waals surface area contributed by atoms with E-state index in [2.05, 4.69) is 10.1 Å². The molecule has 1 N–H and O–H groups in total. The predicted octanol–water partition coefficient (Wildman–Crippen LogP) is 6.66. The minimum absolute atomic E-state index is 0.0535. The topological polar surface area (TPSA) is 97.9 Å². The third kappa shape index (κ3) is 7.04. The fourth-order valence-corrected chi connectivity index (χ4v) is 4.83. The number of aliphatic hydroxyl groups excluding tert-OH is 1. The maximum absolute atomic E-state index is 14.1. The second-order valence-electron chi connectivity index (χ2n) is 9.91. The molecule has 2 aromatic heterocycles. The van der Waals surface area contributed by atoms with E-state index in [1.165, 1.54) is 0 Å². The maximum atomic E-state index is 14.1. The Bertz CT molecular complexity index is 1470. The number of hydrogen-bond donors (Lipinski definition) is 1. The number of ether oxygens (including phenoxy) is 2. The van der Waals surface area contributed by atoms with Gasteiger partial charge in [0.15, 0.2) is 0 Å². The van der Waals surface area contributed by atoms with E-state index < -0.39 is 12.6 Å². The summed E-state index contributed by atoms with van der Waals surface area (Å²) in [5, 5.41) is 13.7. The Morgan fingerprint density at radius 2 is 1.90 bits per heavy atom. The number of aromatic nitrogens is 2. The fourth-order valence-electron chi connectivity index (χ4n) is 4.52. The Morgan fingerprint density at radius 3 is 2.56 bits per heavy atom. The van der Waals surface area contributed by atoms with Gasteiger partial charge in [0.05, 0.1) is 34.1 Å². The third-order valence-electron chi connectivity index (χ3n) is 6.56. The molecule has 0 saturated carbocycles. The first-order valence-corrected chi connectivity index (χ1v) is 13.6. The molecule has 4 aromatic rings. The first kappa shape index (κ1) is 30.0. The zero-order valence-corrected chi connectivity index (χ0v) is 24.2. The van der Waals surface area contributed by atoms with Gasteiger partial charge in [-0.1, -0.05) is 54.9 Å². The Hall–Kier alpha value is -3.95. The van der Waals surface area contributed by atoms with Crippen LogP contribution in [-0.2, 0) is 24.6 Å². The standard InChI is InChI=1S/C31H33ClFN3O5/c1-19(2)30-23(29(35-41-30)28-20(3)6-5-7-24(28)32)18-40-27-13-12-26(25(16-33)34-27)36(4)17-21-8-10-22(11-9-21)31(38)39-15-14-37/h5-13,19,37H,14-18H2,1-4H3. The summed E-state index contributed by atoms with van der Waals surface area (Å²) in [6, 6.07) is 16.0. The van der Waals surface area contributed by atoms with E-state index in [1.54, 1.807) is 36.4 Å². The van der Waals surface area contributed by atoms with E-state index in [4.69, 9.17) is 30.7 Å². The van der Waals surface area contributed by atoms with Gasteiger partial charge in [0, 0.05) is 31.1 Å². The smallest absolute Gasteiger partial charge is 0.338 e. The molecule has 8 nitrogen and oxygen atoms in total. The van der Waals surface area contributed by atoms with Crippen LogP contribution in [0, 0.1) is 6.92 Å². The summed E-state index contributed by atoms with van der Waals surface area (Å²) in [7, 11) is 1.84. The van der Waals surface area contributed by atoms with Gasteiger partial charge in [0.1, 0.15) is 31.3 Å². The molecule has 2 heterocycles. The van der Waals surface area contributed by atoms with Crippen molar-refractivity contribution < 1.29 is 28.3 Å². The van der Waals surface area contributed by atoms with Crippen molar-refractivity contribution in [2.45, 2.75) is 46.5 Å². The number of carbonyl (C=O) groups excluding carboxylic acids is 1. The summed E-state index contributed by atoms with van der Waals surface area (Å²) in [6.07, 6.45) is 0. The normalized spacial score (nSPS) is 11.1. The zero-order chi connectivity index (χ0) is 29.5. The number of rotatable bonds is 12. The number of benzene rings is 2. The van der Waals surface area contributed by atoms with Gasteiger partial charge in [0.2, 0.25) is 5.88 Å². The first-order chi connectivity index (χ1) is 19.7. The van der Waals surface area contributed by atoms with Gasteiger partial charge >= 0.3 is 5.97 Å². The molecule has 216 valence electrons. The lowest BCUT2D eigenvalue weighted by Crippen LogP contribution is -2.19. The number of carbonyl (C=O) groups is 1. The van der Waals surface area contributed by atoms with E-state index in [1.807, 2.05) is 50.9 Å². The maximum Gasteiger partial charge on any atom is 0.338 e. The predicted molar refractivity (Wildman–Crippen MR) is 155 cm³/mol. The summed E-state index contributed by atoms with van der Waals surface area (Å²) in [4.78, 5) is 18.3. The van der Waals surface area contributed by atoms with Crippen LogP contribution in [0.1, 0.15) is 58.3 Å². The van der Waals surface area contributed by atoms with E-state index in [9.17, 15) is 9.18 Å². The van der Waals surface area contributed by atoms with E-state index in [0.717, 1.165) is 22.3 Å². The molecule has 0 aliphatic rings. The molecule has 41 heavy (non-hydrogen) atoms. The number of pyridine rings is 1. The van der Waals surface area contributed by atoms with Crippen molar-refractivity contribution in [3.63, 3.8) is 0 Å². The van der Waals surface area contributed by atoms with Crippen LogP contribution in [-0.4, -0.2) is 41.5 Å². The molecule has 10 heteroatoms. The summed E-state index contributed by atoms with van der Waals surface area (Å²) in [5.41, 5.74) is 5.29. The number of aryl methyl sites for hydroxylation is 1. The summed E-state index contributed by atoms with van der Waals surface area (Å²) in [5.74, 6) is 0.523. The largest absolute Gasteiger partial charge is 0.473 e. The summed E-state index contributed by atoms with van der Waals surface area (Å²) >= 11 is 6.52. The number of nitrogens with zero attached hydrogens (tertiary/aromatic N) is 3. The second kappa shape index (κ2) is 13.6. The molecule has 0 aliphatic heterocycles. The zero-order valence-electron chi connectivity index (χ0n) is 23.5. The summed E-state index contributed by atoms with van der Waals surface area (Å²) < 4.78 is 30.8. The van der Waals surface area contributed by atoms with Crippen LogP contribution in [0.4, 0.5) is 10.1 Å². The highest BCUT2D eigenvalue weighted by molar-refractivity contribution is 6.33. The van der Waals surface area contributed by atoms with Crippen LogP contribution >= 0.6 is 11.6 Å². The quantitative estimate of drug-likeness (QED) is 0.186. The first-order valence-electron chi connectivity index (χ1n) is 13.2. The van der Waals surface area contributed by atoms with Gasteiger partial charge in [-0.05, 0) is 42.3 Å². The average molecular weight is 582 g/mol. The van der Waals surface area contributed by atoms with Crippen LogP contribution in [0.3, 0.4) is 0 Å². The molecular formula is C31H33ClFN3O5. The van der Waals surface area contributed by atoms with Gasteiger partial charge in [0.25, 0.3) is 0 Å². The summed E-state index contributed by atoms with van der Waals surface area (Å²) in [6.45, 7) is 5.50. The van der Waals surface area contributed by atoms with Crippen LogP contribution in [0.2, 0.25) is 5.02 Å². The Morgan fingerprint density at radius 1 is 1.15 bits per heavy atom. The van der Waals surface area contributed by atoms with Gasteiger partial charge in [-0.2, -0.15) is 0 Å². The van der Waals surface area contributed by atoms with Crippen molar-refractivity contribution in [2.24, 2.45) is 0 Å². The third-order valence-corrected chi connectivity index (χ3v) is 6.88. The van der Waals surface area contributed by atoms with Gasteiger partial charge in [-0.15, -0.1) is 0 Å². The van der Waals surface area contributed by atoms with Crippen LogP contribution in [0.15, 0.2) is 59.1 Å². The van der Waals surface area contributed by atoms with Crippen LogP contribution < -0.4 is 9.64 Å². The van der Waals surface area contributed by atoms with E-state index >= 15 is 0 Å². The van der Waals surface area contributed by atoms with Crippen LogP contribution in [0.5, 0.6) is 5.88 Å². The molecule has 0 spiro atoms. The molecule has 0 aliphatic carbocycles. The van der Waals surface area contributed by atoms with E-state index in [0.29, 0.717) is 34.3 Å². The van der Waals surface area contributed by atoms with Crippen LogP contribution in [0.25, 0.3) is 11.3 Å². The number of halogens is 2. The number of hydrogen-bond acceptors (Lipinski definition) is 8. The lowest BCUT2D eigenvalue weighted by atomic mass is 9.98. The van der Waals surface area contributed by atoms with E-state index in [-0.39, 0.29) is 37.3 Å². The molecule has 0 amide bonds. The molecule has 0 saturated heterocycles. The second-order valence-corrected chi connectivity index (χ2v) is 10.3. The molecule has 0 bridgehead atoms. The average Bonchev–Trinajstić information content (AvgIpc) is 3.38. The van der Waals surface area contributed by atoms with Gasteiger partial charge in [-0.25, -0.2) is 14.2 Å². The SMILES string of the molecule is Cc1cccc(Cl)c1-c1noc(C(C)C)c1COc1ccc(N(C)Cc2ccc(C(=O)OCCO)cc2)c(CF)n1. The van der Waals surface area contributed by atoms with Crippen molar-refractivity contribution in [1.82, 2.24) is 10.1 Å². The molecule has 0 atom stereocenters. The number of anilines is 1. The minimum Gasteiger partial charge on any atom is -0.473 e. The van der Waals surface area contributed by atoms with Gasteiger partial charge in [-0.3, -0.25) is 0 Å². The van der Waals surface area contributed by atoms with Crippen molar-refractivity contribution in [3.05, 3.63) is 93.3 Å². The van der Waals surface area contributed by atoms with Crippen molar-refractivity contribution in [2.75, 3.05) is 25.2 Å². The van der Waals surface area contributed by atoms with Gasteiger partial charge < -0.3 is 24.0 Å². The number of esters is 1. The molecule has 4 rings (SSSR count). The molecule has 0 unspecified atom stereocenters. The molecule has 2 aromatic carbocycles. The molecular weight excluding hydrogens is 549 g/mol. The monoisotopic (exact) mass is 581 g/mol. The Balaban J connectivity index is 1.50. The highest BCUT2D eigenvalue weighted by Gasteiger charge is 2.23. The minimum atomic E-state index is -0.777. The number of alkyl halides is 1. The van der Waals surface area contributed by atoms with Crippen molar-refractivity contribution >= 4 is 23.3 Å². The van der Waals surface area contributed by atoms with Crippen molar-refractivity contribution in [1.29, 1.82) is 0 Å². The fraction of sp³-hybridized carbons (Fsp3) is 0.323. The number of aliphatic hydroxyl groups is 1. The highest BCUT2D eigenvalue weighted by Crippen LogP contribution is 2.36. The molecule has 0 radical (unpaired) electrons. The molecule has 0 fully saturated rings. The Kier molecular flexibility index (Phi) is 9.96. The lowest BCUT2D eigenvalue weighted by Gasteiger charge is -2.22.